The molecule has 3 aromatic carbocycles. The van der Waals surface area contributed by atoms with Gasteiger partial charge in [-0.2, -0.15) is 0 Å². The lowest BCUT2D eigenvalue weighted by molar-refractivity contribution is 0.304. The molecule has 0 saturated heterocycles. The SMILES string of the molecule is CCCCCCCCCOc1ccc(C=Nc2cccc(N=Cc3ccc(OCCCCCCCCC)cc3)c2)cc1. The van der Waals surface area contributed by atoms with Gasteiger partial charge >= 0.3 is 0 Å². The fourth-order valence-corrected chi connectivity index (χ4v) is 4.75. The standard InChI is InChI=1S/C38H52N2O2/c1-3-5-7-9-11-13-15-28-41-37-24-20-33(21-25-37)31-39-35-18-17-19-36(30-35)40-32-34-22-26-38(27-23-34)42-29-16-14-12-10-8-6-4-2/h17-27,30-32H,3-16,28-29H2,1-2H3. The Labute approximate surface area is 255 Å². The summed E-state index contributed by atoms with van der Waals surface area (Å²) in [5.74, 6) is 1.84. The molecule has 0 unspecified atom stereocenters. The summed E-state index contributed by atoms with van der Waals surface area (Å²) in [6.07, 6.45) is 21.9. The summed E-state index contributed by atoms with van der Waals surface area (Å²) in [6.45, 7) is 6.08. The predicted molar refractivity (Wildman–Crippen MR) is 181 cm³/mol. The molecule has 0 aromatic heterocycles. The number of ether oxygens (including phenoxy) is 2. The smallest absolute Gasteiger partial charge is 0.119 e. The third kappa shape index (κ3) is 14.5. The van der Waals surface area contributed by atoms with Crippen molar-refractivity contribution in [3.05, 3.63) is 83.9 Å². The van der Waals surface area contributed by atoms with Crippen LogP contribution in [0.15, 0.2) is 82.8 Å². The van der Waals surface area contributed by atoms with Crippen molar-refractivity contribution in [2.24, 2.45) is 9.98 Å². The summed E-state index contributed by atoms with van der Waals surface area (Å²) < 4.78 is 11.8. The number of rotatable bonds is 22. The van der Waals surface area contributed by atoms with Gasteiger partial charge in [-0.1, -0.05) is 97.0 Å². The van der Waals surface area contributed by atoms with Crippen molar-refractivity contribution in [2.75, 3.05) is 13.2 Å². The summed E-state index contributed by atoms with van der Waals surface area (Å²) in [6, 6.07) is 24.3. The molecule has 0 N–H and O–H groups in total. The highest BCUT2D eigenvalue weighted by atomic mass is 16.5. The van der Waals surface area contributed by atoms with Gasteiger partial charge in [0.1, 0.15) is 11.5 Å². The molecule has 0 spiro atoms. The molecule has 0 aliphatic carbocycles. The zero-order valence-electron chi connectivity index (χ0n) is 26.1. The first-order chi connectivity index (χ1) is 20.8. The van der Waals surface area contributed by atoms with Gasteiger partial charge in [0.15, 0.2) is 0 Å². The molecular weight excluding hydrogens is 516 g/mol. The van der Waals surface area contributed by atoms with Crippen molar-refractivity contribution in [3.8, 4) is 11.5 Å². The third-order valence-corrected chi connectivity index (χ3v) is 7.35. The molecule has 4 heteroatoms. The van der Waals surface area contributed by atoms with Crippen molar-refractivity contribution >= 4 is 23.8 Å². The highest BCUT2D eigenvalue weighted by molar-refractivity contribution is 5.84. The molecule has 3 aromatic rings. The van der Waals surface area contributed by atoms with E-state index in [-0.39, 0.29) is 0 Å². The maximum absolute atomic E-state index is 5.91. The average molecular weight is 569 g/mol. The molecule has 0 atom stereocenters. The van der Waals surface area contributed by atoms with Crippen LogP contribution in [-0.4, -0.2) is 25.6 Å². The van der Waals surface area contributed by atoms with Gasteiger partial charge in [0.2, 0.25) is 0 Å². The molecule has 0 aliphatic rings. The Kier molecular flexibility index (Phi) is 16.8. The van der Waals surface area contributed by atoms with Crippen LogP contribution in [0.25, 0.3) is 0 Å². The molecule has 0 heterocycles. The van der Waals surface area contributed by atoms with E-state index >= 15 is 0 Å². The molecule has 226 valence electrons. The second-order valence-corrected chi connectivity index (χ2v) is 11.1. The summed E-state index contributed by atoms with van der Waals surface area (Å²) >= 11 is 0. The minimum absolute atomic E-state index is 0.783. The number of aliphatic imine (C=N–C) groups is 2. The van der Waals surface area contributed by atoms with E-state index in [4.69, 9.17) is 9.47 Å². The maximum atomic E-state index is 5.91. The Hall–Kier alpha value is -3.40. The highest BCUT2D eigenvalue weighted by Crippen LogP contribution is 2.21. The van der Waals surface area contributed by atoms with Crippen LogP contribution >= 0.6 is 0 Å². The van der Waals surface area contributed by atoms with Crippen LogP contribution in [0, 0.1) is 0 Å². The fraction of sp³-hybridized carbons (Fsp3) is 0.474. The Morgan fingerprint density at radius 2 is 0.857 bits per heavy atom. The van der Waals surface area contributed by atoms with Crippen LogP contribution in [-0.2, 0) is 0 Å². The first-order valence-corrected chi connectivity index (χ1v) is 16.4. The molecule has 0 saturated carbocycles. The molecule has 42 heavy (non-hydrogen) atoms. The second kappa shape index (κ2) is 21.3. The van der Waals surface area contributed by atoms with E-state index in [9.17, 15) is 0 Å². The van der Waals surface area contributed by atoms with Gasteiger partial charge in [-0.3, -0.25) is 9.98 Å². The minimum atomic E-state index is 0.783. The van der Waals surface area contributed by atoms with Gasteiger partial charge in [0.05, 0.1) is 24.6 Å². The quantitative estimate of drug-likeness (QED) is 0.0893. The van der Waals surface area contributed by atoms with Crippen molar-refractivity contribution < 1.29 is 9.47 Å². The van der Waals surface area contributed by atoms with Crippen LogP contribution in [0.5, 0.6) is 11.5 Å². The topological polar surface area (TPSA) is 43.2 Å². The summed E-state index contributed by atoms with van der Waals surface area (Å²) in [5.41, 5.74) is 3.83. The summed E-state index contributed by atoms with van der Waals surface area (Å²) in [5, 5.41) is 0. The van der Waals surface area contributed by atoms with E-state index in [2.05, 4.69) is 23.8 Å². The predicted octanol–water partition coefficient (Wildman–Crippen LogP) is 11.4. The van der Waals surface area contributed by atoms with E-state index in [0.29, 0.717) is 0 Å². The van der Waals surface area contributed by atoms with Crippen molar-refractivity contribution in [1.29, 1.82) is 0 Å². The zero-order chi connectivity index (χ0) is 29.5. The van der Waals surface area contributed by atoms with Crippen LogP contribution in [0.1, 0.15) is 115 Å². The molecule has 0 fully saturated rings. The van der Waals surface area contributed by atoms with Gasteiger partial charge in [-0.25, -0.2) is 0 Å². The van der Waals surface area contributed by atoms with E-state index in [0.717, 1.165) is 60.1 Å². The number of benzene rings is 3. The van der Waals surface area contributed by atoms with Crippen LogP contribution < -0.4 is 9.47 Å². The largest absolute Gasteiger partial charge is 0.494 e. The monoisotopic (exact) mass is 568 g/mol. The van der Waals surface area contributed by atoms with Gasteiger partial charge in [-0.15, -0.1) is 0 Å². The molecule has 0 radical (unpaired) electrons. The normalized spacial score (nSPS) is 11.5. The summed E-state index contributed by atoms with van der Waals surface area (Å²) in [7, 11) is 0. The molecule has 0 amide bonds. The van der Waals surface area contributed by atoms with E-state index < -0.39 is 0 Å². The molecular formula is C38H52N2O2. The average Bonchev–Trinajstić information content (AvgIpc) is 3.03. The van der Waals surface area contributed by atoms with Crippen molar-refractivity contribution in [3.63, 3.8) is 0 Å². The highest BCUT2D eigenvalue weighted by Gasteiger charge is 1.98. The first kappa shape index (κ1) is 33.1. The van der Waals surface area contributed by atoms with Crippen molar-refractivity contribution in [2.45, 2.75) is 104 Å². The molecule has 0 bridgehead atoms. The number of hydrogen-bond donors (Lipinski definition) is 0. The van der Waals surface area contributed by atoms with Gasteiger partial charge in [-0.05, 0) is 90.7 Å². The molecule has 4 nitrogen and oxygen atoms in total. The van der Waals surface area contributed by atoms with E-state index in [1.165, 1.54) is 77.0 Å². The van der Waals surface area contributed by atoms with Crippen LogP contribution in [0.4, 0.5) is 11.4 Å². The number of hydrogen-bond acceptors (Lipinski definition) is 4. The van der Waals surface area contributed by atoms with Crippen LogP contribution in [0.3, 0.4) is 0 Å². The first-order valence-electron chi connectivity index (χ1n) is 16.4. The number of nitrogens with zero attached hydrogens (tertiary/aromatic N) is 2. The molecule has 0 aliphatic heterocycles. The van der Waals surface area contributed by atoms with E-state index in [1.54, 1.807) is 0 Å². The lowest BCUT2D eigenvalue weighted by Crippen LogP contribution is -1.97. The zero-order valence-corrected chi connectivity index (χ0v) is 26.1. The van der Waals surface area contributed by atoms with Gasteiger partial charge < -0.3 is 9.47 Å². The number of unbranched alkanes of at least 4 members (excludes halogenated alkanes) is 12. The van der Waals surface area contributed by atoms with Crippen molar-refractivity contribution in [1.82, 2.24) is 0 Å². The van der Waals surface area contributed by atoms with Gasteiger partial charge in [0, 0.05) is 12.4 Å². The molecule has 3 rings (SSSR count). The van der Waals surface area contributed by atoms with E-state index in [1.807, 2.05) is 85.2 Å². The van der Waals surface area contributed by atoms with Gasteiger partial charge in [0.25, 0.3) is 0 Å². The minimum Gasteiger partial charge on any atom is -0.494 e. The Bertz CT molecular complexity index is 1060. The lowest BCUT2D eigenvalue weighted by atomic mass is 10.1. The Morgan fingerprint density at radius 1 is 0.476 bits per heavy atom. The third-order valence-electron chi connectivity index (χ3n) is 7.35. The Balaban J connectivity index is 1.37. The fourth-order valence-electron chi connectivity index (χ4n) is 4.75. The Morgan fingerprint density at radius 3 is 1.26 bits per heavy atom. The van der Waals surface area contributed by atoms with Crippen LogP contribution in [0.2, 0.25) is 0 Å². The maximum Gasteiger partial charge on any atom is 0.119 e. The summed E-state index contributed by atoms with van der Waals surface area (Å²) in [4.78, 5) is 9.31. The second-order valence-electron chi connectivity index (χ2n) is 11.1. The lowest BCUT2D eigenvalue weighted by Gasteiger charge is -2.06.